The van der Waals surface area contributed by atoms with Crippen LogP contribution in [-0.2, 0) is 19.1 Å². The molecule has 3 amide bonds. The minimum absolute atomic E-state index is 0.00644. The van der Waals surface area contributed by atoms with E-state index in [2.05, 4.69) is 0 Å². The van der Waals surface area contributed by atoms with Gasteiger partial charge in [0.1, 0.15) is 11.6 Å². The Morgan fingerprint density at radius 3 is 2.44 bits per heavy atom. The van der Waals surface area contributed by atoms with Crippen LogP contribution in [0, 0.1) is 11.8 Å². The van der Waals surface area contributed by atoms with Crippen LogP contribution in [0.25, 0.3) is 0 Å². The van der Waals surface area contributed by atoms with Gasteiger partial charge in [0, 0.05) is 30.9 Å². The van der Waals surface area contributed by atoms with Crippen LogP contribution in [0.15, 0.2) is 54.6 Å². The molecule has 0 saturated carbocycles. The molecular weight excluding hydrogens is 434 g/mol. The summed E-state index contributed by atoms with van der Waals surface area (Å²) in [6.07, 6.45) is 6.82. The van der Waals surface area contributed by atoms with Crippen LogP contribution >= 0.6 is 0 Å². The number of β-amino-alcohol motifs (C(OH)–C–C–N with tert-alkyl or cyclic N) is 1. The zero-order valence-corrected chi connectivity index (χ0v) is 19.8. The number of para-hydroxylation sites is 1. The molecule has 5 atom stereocenters. The van der Waals surface area contributed by atoms with E-state index in [0.29, 0.717) is 13.1 Å². The van der Waals surface area contributed by atoms with E-state index in [0.717, 1.165) is 5.69 Å². The topological polar surface area (TPSA) is 90.4 Å². The van der Waals surface area contributed by atoms with Gasteiger partial charge in [0.25, 0.3) is 0 Å². The Bertz CT molecular complexity index is 1060. The van der Waals surface area contributed by atoms with Crippen molar-refractivity contribution in [2.75, 3.05) is 31.1 Å². The average Bonchev–Trinajstić information content (AvgIpc) is 3.09. The van der Waals surface area contributed by atoms with Gasteiger partial charge < -0.3 is 24.5 Å². The van der Waals surface area contributed by atoms with Crippen molar-refractivity contribution in [1.29, 1.82) is 0 Å². The van der Waals surface area contributed by atoms with Crippen molar-refractivity contribution in [2.45, 2.75) is 44.1 Å². The maximum atomic E-state index is 13.9. The van der Waals surface area contributed by atoms with Gasteiger partial charge in [0.2, 0.25) is 17.7 Å². The molecule has 5 rings (SSSR count). The van der Waals surface area contributed by atoms with E-state index >= 15 is 0 Å². The predicted octanol–water partition coefficient (Wildman–Crippen LogP) is 1.36. The lowest BCUT2D eigenvalue weighted by molar-refractivity contribution is -0.150. The number of hydrogen-bond acceptors (Lipinski definition) is 5. The number of fused-ring (bicyclic) bond motifs is 2. The lowest BCUT2D eigenvalue weighted by atomic mass is 9.77. The van der Waals surface area contributed by atoms with Crippen LogP contribution in [-0.4, -0.2) is 82.2 Å². The number of nitrogens with zero attached hydrogens (tertiary/aromatic N) is 3. The quantitative estimate of drug-likeness (QED) is 0.681. The van der Waals surface area contributed by atoms with E-state index < -0.39 is 35.1 Å². The van der Waals surface area contributed by atoms with Gasteiger partial charge in [-0.1, -0.05) is 42.5 Å². The number of benzene rings is 1. The van der Waals surface area contributed by atoms with Crippen LogP contribution in [0.5, 0.6) is 0 Å². The zero-order valence-electron chi connectivity index (χ0n) is 19.8. The van der Waals surface area contributed by atoms with Crippen LogP contribution in [0.4, 0.5) is 5.69 Å². The summed E-state index contributed by atoms with van der Waals surface area (Å²) in [4.78, 5) is 46.5. The van der Waals surface area contributed by atoms with E-state index in [1.807, 2.05) is 75.4 Å². The monoisotopic (exact) mass is 465 g/mol. The molecule has 180 valence electrons. The van der Waals surface area contributed by atoms with Gasteiger partial charge in [0.15, 0.2) is 0 Å². The summed E-state index contributed by atoms with van der Waals surface area (Å²) in [5, 5.41) is 9.73. The molecule has 1 unspecified atom stereocenters. The highest BCUT2D eigenvalue weighted by Crippen LogP contribution is 2.53. The first kappa shape index (κ1) is 22.8. The van der Waals surface area contributed by atoms with Gasteiger partial charge >= 0.3 is 0 Å². The van der Waals surface area contributed by atoms with E-state index in [1.54, 1.807) is 9.80 Å². The summed E-state index contributed by atoms with van der Waals surface area (Å²) in [6, 6.07) is 8.42. The van der Waals surface area contributed by atoms with Crippen LogP contribution in [0.1, 0.15) is 20.8 Å². The molecule has 8 heteroatoms. The number of carbonyl (C=O) groups is 3. The van der Waals surface area contributed by atoms with Gasteiger partial charge in [-0.15, -0.1) is 0 Å². The number of carbonyl (C=O) groups excluding carboxylic acids is 3. The highest BCUT2D eigenvalue weighted by molar-refractivity contribution is 6.03. The SMILES string of the molecule is CC(C)(C)N1CC=C[C@]23O[C@@H]4C=CCN(c5ccccc5)C(=O)[C@@H]4[C@H]2C(=O)N(CCO)C3C1=O. The second kappa shape index (κ2) is 8.06. The standard InChI is InChI=1S/C26H31N3O5/c1-25(2,3)29-14-8-12-26-20(23(32)28(15-16-30)21(26)24(29)33)19-18(34-26)11-7-13-27(22(19)31)17-9-5-4-6-10-17/h4-12,18-21,30H,13-16H2,1-3H3/t18-,19+,20+,21?,26+/m1/s1. The molecule has 4 heterocycles. The fraction of sp³-hybridized carbons (Fsp3) is 0.500. The van der Waals surface area contributed by atoms with Gasteiger partial charge in [-0.2, -0.15) is 0 Å². The van der Waals surface area contributed by atoms with Gasteiger partial charge in [-0.3, -0.25) is 14.4 Å². The Morgan fingerprint density at radius 1 is 1.03 bits per heavy atom. The van der Waals surface area contributed by atoms with Crippen molar-refractivity contribution in [1.82, 2.24) is 9.80 Å². The molecule has 2 fully saturated rings. The molecule has 1 aromatic rings. The van der Waals surface area contributed by atoms with Gasteiger partial charge in [-0.25, -0.2) is 0 Å². The van der Waals surface area contributed by atoms with Crippen molar-refractivity contribution in [3.63, 3.8) is 0 Å². The van der Waals surface area contributed by atoms with E-state index in [-0.39, 0.29) is 30.9 Å². The fourth-order valence-electron chi connectivity index (χ4n) is 5.93. The first-order valence-corrected chi connectivity index (χ1v) is 11.8. The summed E-state index contributed by atoms with van der Waals surface area (Å²) in [7, 11) is 0. The largest absolute Gasteiger partial charge is 0.395 e. The Labute approximate surface area is 199 Å². The van der Waals surface area contributed by atoms with Crippen LogP contribution in [0.2, 0.25) is 0 Å². The van der Waals surface area contributed by atoms with Crippen molar-refractivity contribution in [2.24, 2.45) is 11.8 Å². The zero-order chi connectivity index (χ0) is 24.3. The fourth-order valence-corrected chi connectivity index (χ4v) is 5.93. The number of likely N-dealkylation sites (tertiary alicyclic amines) is 1. The second-order valence-electron chi connectivity index (χ2n) is 10.3. The third kappa shape index (κ3) is 3.23. The Balaban J connectivity index is 1.61. The molecule has 0 bridgehead atoms. The van der Waals surface area contributed by atoms with Gasteiger partial charge in [-0.05, 0) is 32.9 Å². The molecule has 0 radical (unpaired) electrons. The minimum atomic E-state index is -1.27. The molecule has 2 saturated heterocycles. The van der Waals surface area contributed by atoms with E-state index in [1.165, 1.54) is 4.90 Å². The first-order chi connectivity index (χ1) is 16.2. The number of hydrogen-bond donors (Lipinski definition) is 1. The lowest BCUT2D eigenvalue weighted by Crippen LogP contribution is -2.59. The Hall–Kier alpha value is -2.97. The van der Waals surface area contributed by atoms with E-state index in [4.69, 9.17) is 4.74 Å². The number of ether oxygens (including phenoxy) is 1. The van der Waals surface area contributed by atoms with Crippen LogP contribution in [0.3, 0.4) is 0 Å². The molecule has 0 aliphatic carbocycles. The number of aliphatic hydroxyl groups is 1. The highest BCUT2D eigenvalue weighted by atomic mass is 16.5. The molecular formula is C26H31N3O5. The molecule has 34 heavy (non-hydrogen) atoms. The Morgan fingerprint density at radius 2 is 1.76 bits per heavy atom. The summed E-state index contributed by atoms with van der Waals surface area (Å²) in [5.74, 6) is -2.36. The second-order valence-corrected chi connectivity index (χ2v) is 10.3. The number of amides is 3. The third-order valence-corrected chi connectivity index (χ3v) is 7.38. The van der Waals surface area contributed by atoms with Crippen molar-refractivity contribution in [3.05, 3.63) is 54.6 Å². The molecule has 0 aromatic heterocycles. The maximum absolute atomic E-state index is 13.9. The smallest absolute Gasteiger partial charge is 0.249 e. The number of aliphatic hydroxyl groups excluding tert-OH is 1. The summed E-state index contributed by atoms with van der Waals surface area (Å²) in [5.41, 5.74) is -0.987. The molecule has 4 aliphatic heterocycles. The summed E-state index contributed by atoms with van der Waals surface area (Å²) in [6.45, 7) is 6.33. The summed E-state index contributed by atoms with van der Waals surface area (Å²) >= 11 is 0. The molecule has 1 aromatic carbocycles. The third-order valence-electron chi connectivity index (χ3n) is 7.38. The normalized spacial score (nSPS) is 33.1. The predicted molar refractivity (Wildman–Crippen MR) is 126 cm³/mol. The molecule has 4 aliphatic rings. The highest BCUT2D eigenvalue weighted by Gasteiger charge is 2.72. The first-order valence-electron chi connectivity index (χ1n) is 11.8. The maximum Gasteiger partial charge on any atom is 0.249 e. The minimum Gasteiger partial charge on any atom is -0.395 e. The number of rotatable bonds is 3. The number of anilines is 1. The molecule has 8 nitrogen and oxygen atoms in total. The van der Waals surface area contributed by atoms with Crippen LogP contribution < -0.4 is 4.90 Å². The molecule has 1 N–H and O–H groups in total. The average molecular weight is 466 g/mol. The Kier molecular flexibility index (Phi) is 5.41. The molecule has 1 spiro atoms. The lowest BCUT2D eigenvalue weighted by Gasteiger charge is -2.40. The van der Waals surface area contributed by atoms with E-state index in [9.17, 15) is 19.5 Å². The van der Waals surface area contributed by atoms with Gasteiger partial charge in [0.05, 0.1) is 24.5 Å². The van der Waals surface area contributed by atoms with Crippen molar-refractivity contribution in [3.8, 4) is 0 Å². The van der Waals surface area contributed by atoms with Crippen molar-refractivity contribution < 1.29 is 24.2 Å². The summed E-state index contributed by atoms with van der Waals surface area (Å²) < 4.78 is 6.56. The van der Waals surface area contributed by atoms with Crippen molar-refractivity contribution >= 4 is 23.4 Å².